The Hall–Kier alpha value is -2.70. The Morgan fingerprint density at radius 1 is 1.23 bits per heavy atom. The predicted molar refractivity (Wildman–Crippen MR) is 115 cm³/mol. The van der Waals surface area contributed by atoms with Gasteiger partial charge in [0.25, 0.3) is 5.92 Å². The predicted octanol–water partition coefficient (Wildman–Crippen LogP) is 6.24. The molecule has 0 N–H and O–H groups in total. The van der Waals surface area contributed by atoms with Gasteiger partial charge in [-0.3, -0.25) is 4.79 Å². The van der Waals surface area contributed by atoms with Crippen molar-refractivity contribution in [1.82, 2.24) is 4.90 Å². The maximum Gasteiger partial charge on any atom is 0.282 e. The number of amides is 1. The molecular weight excluding hydrogens is 403 g/mol. The average molecular weight is 432 g/mol. The van der Waals surface area contributed by atoms with Crippen LogP contribution in [-0.2, 0) is 4.79 Å². The molecule has 2 atom stereocenters. The molecule has 1 aromatic carbocycles. The zero-order valence-corrected chi connectivity index (χ0v) is 18.2. The van der Waals surface area contributed by atoms with Crippen LogP contribution >= 0.6 is 0 Å². The van der Waals surface area contributed by atoms with Gasteiger partial charge in [-0.05, 0) is 48.0 Å². The van der Waals surface area contributed by atoms with Gasteiger partial charge in [-0.1, -0.05) is 46.1 Å². The van der Waals surface area contributed by atoms with Gasteiger partial charge in [0.05, 0.1) is 24.2 Å². The van der Waals surface area contributed by atoms with Crippen LogP contribution < -0.4 is 0 Å². The van der Waals surface area contributed by atoms with Gasteiger partial charge < -0.3 is 4.90 Å². The number of benzene rings is 1. The minimum atomic E-state index is -2.80. The number of nitrogens with zero attached hydrogens (tertiary/aromatic N) is 3. The number of azo groups is 1. The van der Waals surface area contributed by atoms with E-state index in [9.17, 15) is 18.0 Å². The van der Waals surface area contributed by atoms with E-state index in [0.717, 1.165) is 0 Å². The number of rotatable bonds is 6. The van der Waals surface area contributed by atoms with E-state index in [1.807, 2.05) is 20.8 Å². The SMILES string of the molecule is C=C/N=N\C(=C/C(=C)[C@@H]1CCC(C)(C(=O)N2CC(F)(F)C2)C1(C)C)c1ccccc1F. The van der Waals surface area contributed by atoms with E-state index in [1.54, 1.807) is 24.3 Å². The van der Waals surface area contributed by atoms with Gasteiger partial charge >= 0.3 is 0 Å². The van der Waals surface area contributed by atoms with Crippen molar-refractivity contribution in [3.8, 4) is 0 Å². The molecule has 0 radical (unpaired) electrons. The van der Waals surface area contributed by atoms with Crippen molar-refractivity contribution in [2.45, 2.75) is 39.5 Å². The molecular formula is C24H28F3N3O. The normalized spacial score (nSPS) is 27.2. The molecule has 1 heterocycles. The maximum absolute atomic E-state index is 14.4. The third-order valence-electron chi connectivity index (χ3n) is 7.00. The van der Waals surface area contributed by atoms with Crippen molar-refractivity contribution in [2.75, 3.05) is 13.1 Å². The molecule has 166 valence electrons. The largest absolute Gasteiger partial charge is 0.330 e. The Kier molecular flexibility index (Phi) is 6.00. The van der Waals surface area contributed by atoms with E-state index in [0.29, 0.717) is 24.1 Å². The number of carbonyl (C=O) groups excluding carboxylic acids is 1. The molecule has 1 aliphatic carbocycles. The summed E-state index contributed by atoms with van der Waals surface area (Å²) in [5, 5.41) is 7.88. The molecule has 2 aliphatic rings. The van der Waals surface area contributed by atoms with Crippen molar-refractivity contribution >= 4 is 11.6 Å². The molecule has 3 rings (SSSR count). The zero-order chi connectivity index (χ0) is 23.0. The standard InChI is InChI=1S/C24H28F3N3O/c1-6-28-29-20(17-9-7-8-10-19(17)25)13-16(2)18-11-12-23(5,22(18,3)4)21(31)30-14-24(26,27)15-30/h6-10,13,18H,1-2,11-12,14-15H2,3-5H3/b20-13-,29-28-/t18-,23?/m0/s1. The van der Waals surface area contributed by atoms with Gasteiger partial charge in [0.2, 0.25) is 5.91 Å². The van der Waals surface area contributed by atoms with Crippen LogP contribution in [0.1, 0.15) is 39.2 Å². The van der Waals surface area contributed by atoms with Crippen LogP contribution in [0.5, 0.6) is 0 Å². The molecule has 0 spiro atoms. The van der Waals surface area contributed by atoms with Crippen LogP contribution in [0.2, 0.25) is 0 Å². The van der Waals surface area contributed by atoms with Gasteiger partial charge in [0.1, 0.15) is 5.82 Å². The summed E-state index contributed by atoms with van der Waals surface area (Å²) in [6, 6.07) is 6.24. The first-order valence-electron chi connectivity index (χ1n) is 10.3. The summed E-state index contributed by atoms with van der Waals surface area (Å²) in [6.45, 7) is 12.4. The topological polar surface area (TPSA) is 45.0 Å². The monoisotopic (exact) mass is 431 g/mol. The maximum atomic E-state index is 14.4. The second-order valence-electron chi connectivity index (χ2n) is 9.14. The number of carbonyl (C=O) groups is 1. The Morgan fingerprint density at radius 3 is 2.45 bits per heavy atom. The fraction of sp³-hybridized carbons (Fsp3) is 0.458. The molecule has 1 saturated heterocycles. The van der Waals surface area contributed by atoms with Crippen molar-refractivity contribution in [1.29, 1.82) is 0 Å². The lowest BCUT2D eigenvalue weighted by atomic mass is 9.63. The Balaban J connectivity index is 1.89. The Bertz CT molecular complexity index is 959. The van der Waals surface area contributed by atoms with E-state index in [2.05, 4.69) is 23.4 Å². The van der Waals surface area contributed by atoms with Gasteiger partial charge in [0.15, 0.2) is 0 Å². The average Bonchev–Trinajstić information content (AvgIpc) is 2.93. The van der Waals surface area contributed by atoms with Gasteiger partial charge in [0, 0.05) is 11.8 Å². The van der Waals surface area contributed by atoms with Crippen molar-refractivity contribution in [3.05, 3.63) is 66.7 Å². The van der Waals surface area contributed by atoms with Gasteiger partial charge in [-0.25, -0.2) is 13.2 Å². The molecule has 31 heavy (non-hydrogen) atoms. The lowest BCUT2D eigenvalue weighted by molar-refractivity contribution is -0.179. The van der Waals surface area contributed by atoms with Crippen LogP contribution in [0.3, 0.4) is 0 Å². The summed E-state index contributed by atoms with van der Waals surface area (Å²) in [7, 11) is 0. The molecule has 2 fully saturated rings. The highest BCUT2D eigenvalue weighted by Crippen LogP contribution is 2.59. The van der Waals surface area contributed by atoms with E-state index in [1.165, 1.54) is 17.2 Å². The third kappa shape index (κ3) is 4.10. The second-order valence-corrected chi connectivity index (χ2v) is 9.14. The van der Waals surface area contributed by atoms with Crippen LogP contribution in [-0.4, -0.2) is 29.8 Å². The third-order valence-corrected chi connectivity index (χ3v) is 7.00. The minimum absolute atomic E-state index is 0.107. The highest BCUT2D eigenvalue weighted by Gasteiger charge is 2.60. The molecule has 7 heteroatoms. The van der Waals surface area contributed by atoms with E-state index >= 15 is 0 Å². The summed E-state index contributed by atoms with van der Waals surface area (Å²) < 4.78 is 41.0. The molecule has 0 bridgehead atoms. The van der Waals surface area contributed by atoms with Gasteiger partial charge in [-0.15, -0.1) is 0 Å². The molecule has 1 aromatic rings. The highest BCUT2D eigenvalue weighted by atomic mass is 19.3. The molecule has 1 saturated carbocycles. The number of allylic oxidation sites excluding steroid dienone is 2. The van der Waals surface area contributed by atoms with Crippen LogP contribution in [0, 0.1) is 22.6 Å². The van der Waals surface area contributed by atoms with Crippen LogP contribution in [0.15, 0.2) is 65.5 Å². The zero-order valence-electron chi connectivity index (χ0n) is 18.2. The Morgan fingerprint density at radius 2 is 1.87 bits per heavy atom. The molecule has 1 unspecified atom stereocenters. The highest BCUT2D eigenvalue weighted by molar-refractivity contribution is 5.85. The summed E-state index contributed by atoms with van der Waals surface area (Å²) in [6.07, 6.45) is 4.17. The lowest BCUT2D eigenvalue weighted by Crippen LogP contribution is -2.62. The fourth-order valence-electron chi connectivity index (χ4n) is 4.75. The van der Waals surface area contributed by atoms with Crippen molar-refractivity contribution in [2.24, 2.45) is 27.0 Å². The van der Waals surface area contributed by atoms with E-state index < -0.39 is 35.7 Å². The molecule has 1 aliphatic heterocycles. The van der Waals surface area contributed by atoms with Crippen molar-refractivity contribution in [3.63, 3.8) is 0 Å². The quantitative estimate of drug-likeness (QED) is 0.388. The van der Waals surface area contributed by atoms with Gasteiger partial charge in [-0.2, -0.15) is 10.2 Å². The first kappa shape index (κ1) is 23.0. The number of alkyl halides is 2. The van der Waals surface area contributed by atoms with Crippen LogP contribution in [0.4, 0.5) is 13.2 Å². The summed E-state index contributed by atoms with van der Waals surface area (Å²) in [5.74, 6) is -3.59. The second kappa shape index (κ2) is 8.09. The number of likely N-dealkylation sites (tertiary alicyclic amines) is 1. The van der Waals surface area contributed by atoms with E-state index in [-0.39, 0.29) is 17.4 Å². The van der Waals surface area contributed by atoms with E-state index in [4.69, 9.17) is 0 Å². The minimum Gasteiger partial charge on any atom is -0.330 e. The molecule has 0 aromatic heterocycles. The van der Waals surface area contributed by atoms with Crippen molar-refractivity contribution < 1.29 is 18.0 Å². The summed E-state index contributed by atoms with van der Waals surface area (Å²) >= 11 is 0. The van der Waals surface area contributed by atoms with Crippen LogP contribution in [0.25, 0.3) is 5.70 Å². The number of hydrogen-bond donors (Lipinski definition) is 0. The Labute approximate surface area is 181 Å². The molecule has 1 amide bonds. The smallest absolute Gasteiger partial charge is 0.282 e. The summed E-state index contributed by atoms with van der Waals surface area (Å²) in [5.41, 5.74) is -0.0611. The lowest BCUT2D eigenvalue weighted by Gasteiger charge is -2.48. The first-order chi connectivity index (χ1) is 14.4. The fourth-order valence-corrected chi connectivity index (χ4v) is 4.75. The summed E-state index contributed by atoms with van der Waals surface area (Å²) in [4.78, 5) is 14.3. The molecule has 4 nitrogen and oxygen atoms in total. The number of halogens is 3. The first-order valence-corrected chi connectivity index (χ1v) is 10.3. The number of hydrogen-bond acceptors (Lipinski definition) is 3.